The highest BCUT2D eigenvalue weighted by atomic mass is 32.2. The number of phenolic OH excluding ortho intramolecular Hbond substituents is 1. The SMILES string of the molecule is CCC1=C(Nc2ccccc2)S/C(=C\c2ccc(OCCN3CCN(CCOCCNC)CC3)c(O)c2)C1=O. The van der Waals surface area contributed by atoms with E-state index in [4.69, 9.17) is 9.47 Å². The van der Waals surface area contributed by atoms with Gasteiger partial charge in [0.15, 0.2) is 17.3 Å². The lowest BCUT2D eigenvalue weighted by atomic mass is 10.1. The number of hydrogen-bond donors (Lipinski definition) is 3. The van der Waals surface area contributed by atoms with E-state index in [2.05, 4.69) is 20.4 Å². The monoisotopic (exact) mass is 552 g/mol. The van der Waals surface area contributed by atoms with Gasteiger partial charge in [-0.05, 0) is 49.4 Å². The number of nitrogens with zero attached hydrogens (tertiary/aromatic N) is 2. The zero-order chi connectivity index (χ0) is 27.5. The minimum Gasteiger partial charge on any atom is -0.504 e. The largest absolute Gasteiger partial charge is 0.504 e. The van der Waals surface area contributed by atoms with Crippen molar-refractivity contribution in [1.82, 2.24) is 15.1 Å². The first-order valence-electron chi connectivity index (χ1n) is 13.7. The summed E-state index contributed by atoms with van der Waals surface area (Å²) in [5.74, 6) is 0.565. The molecule has 2 aliphatic heterocycles. The summed E-state index contributed by atoms with van der Waals surface area (Å²) in [4.78, 5) is 18.5. The summed E-state index contributed by atoms with van der Waals surface area (Å²) in [5, 5.41) is 17.9. The number of carbonyl (C=O) groups excluding carboxylic acids is 1. The molecule has 39 heavy (non-hydrogen) atoms. The molecule has 1 fully saturated rings. The smallest absolute Gasteiger partial charge is 0.198 e. The van der Waals surface area contributed by atoms with Crippen LogP contribution in [0, 0.1) is 0 Å². The molecule has 0 atom stereocenters. The molecule has 2 aliphatic rings. The summed E-state index contributed by atoms with van der Waals surface area (Å²) in [6.07, 6.45) is 2.48. The number of benzene rings is 2. The number of ketones is 1. The number of anilines is 1. The van der Waals surface area contributed by atoms with Gasteiger partial charge in [-0.2, -0.15) is 0 Å². The van der Waals surface area contributed by atoms with Crippen molar-refractivity contribution in [2.45, 2.75) is 13.3 Å². The van der Waals surface area contributed by atoms with Gasteiger partial charge in [0.2, 0.25) is 0 Å². The number of para-hydroxylation sites is 1. The number of aromatic hydroxyl groups is 1. The average Bonchev–Trinajstić information content (AvgIpc) is 3.24. The fourth-order valence-corrected chi connectivity index (χ4v) is 5.69. The van der Waals surface area contributed by atoms with Crippen LogP contribution in [0.25, 0.3) is 6.08 Å². The third-order valence-corrected chi connectivity index (χ3v) is 7.90. The number of thioether (sulfide) groups is 1. The van der Waals surface area contributed by atoms with Crippen molar-refractivity contribution in [2.24, 2.45) is 0 Å². The van der Waals surface area contributed by atoms with Gasteiger partial charge in [-0.15, -0.1) is 0 Å². The Morgan fingerprint density at radius 2 is 1.72 bits per heavy atom. The summed E-state index contributed by atoms with van der Waals surface area (Å²) < 4.78 is 11.5. The molecular formula is C30H40N4O4S. The van der Waals surface area contributed by atoms with Gasteiger partial charge in [0, 0.05) is 57.1 Å². The molecule has 0 saturated carbocycles. The quantitative estimate of drug-likeness (QED) is 0.238. The van der Waals surface area contributed by atoms with Gasteiger partial charge in [0.1, 0.15) is 6.61 Å². The number of nitrogens with one attached hydrogen (secondary N) is 2. The molecule has 210 valence electrons. The number of rotatable bonds is 14. The van der Waals surface area contributed by atoms with E-state index in [1.807, 2.05) is 56.4 Å². The lowest BCUT2D eigenvalue weighted by Gasteiger charge is -2.34. The number of phenols is 1. The molecule has 9 heteroatoms. The van der Waals surface area contributed by atoms with Gasteiger partial charge in [-0.1, -0.05) is 43.0 Å². The van der Waals surface area contributed by atoms with E-state index in [9.17, 15) is 9.90 Å². The van der Waals surface area contributed by atoms with Gasteiger partial charge < -0.3 is 25.2 Å². The van der Waals surface area contributed by atoms with Crippen LogP contribution in [0.4, 0.5) is 5.69 Å². The van der Waals surface area contributed by atoms with E-state index in [0.29, 0.717) is 23.7 Å². The van der Waals surface area contributed by atoms with Crippen molar-refractivity contribution in [3.8, 4) is 11.5 Å². The van der Waals surface area contributed by atoms with Crippen molar-refractivity contribution in [3.05, 3.63) is 69.6 Å². The lowest BCUT2D eigenvalue weighted by Crippen LogP contribution is -2.48. The number of ether oxygens (including phenoxy) is 2. The zero-order valence-electron chi connectivity index (χ0n) is 22.9. The fourth-order valence-electron chi connectivity index (χ4n) is 4.53. The molecule has 1 saturated heterocycles. The minimum absolute atomic E-state index is 0.0298. The zero-order valence-corrected chi connectivity index (χ0v) is 23.8. The minimum atomic E-state index is 0.0298. The molecule has 8 nitrogen and oxygen atoms in total. The third-order valence-electron chi connectivity index (χ3n) is 6.83. The first kappa shape index (κ1) is 29.2. The van der Waals surface area contributed by atoms with E-state index in [1.54, 1.807) is 12.1 Å². The van der Waals surface area contributed by atoms with Crippen LogP contribution >= 0.6 is 11.8 Å². The summed E-state index contributed by atoms with van der Waals surface area (Å²) in [7, 11) is 1.93. The second-order valence-corrected chi connectivity index (χ2v) is 10.6. The van der Waals surface area contributed by atoms with Crippen LogP contribution in [0.15, 0.2) is 64.0 Å². The summed E-state index contributed by atoms with van der Waals surface area (Å²) in [5.41, 5.74) is 2.49. The van der Waals surface area contributed by atoms with Gasteiger partial charge in [-0.3, -0.25) is 14.6 Å². The number of allylic oxidation sites excluding steroid dienone is 2. The molecule has 0 bridgehead atoms. The number of Topliss-reactive ketones (excluding diaryl/α,β-unsaturated/α-hetero) is 1. The van der Waals surface area contributed by atoms with Crippen LogP contribution in [0.1, 0.15) is 18.9 Å². The molecule has 2 aromatic carbocycles. The highest BCUT2D eigenvalue weighted by Crippen LogP contribution is 2.41. The average molecular weight is 553 g/mol. The number of hydrogen-bond acceptors (Lipinski definition) is 9. The van der Waals surface area contributed by atoms with Crippen molar-refractivity contribution < 1.29 is 19.4 Å². The Hall–Kier alpha value is -2.82. The Morgan fingerprint density at radius 3 is 2.38 bits per heavy atom. The van der Waals surface area contributed by atoms with Gasteiger partial charge in [0.25, 0.3) is 0 Å². The van der Waals surface area contributed by atoms with E-state index >= 15 is 0 Å². The highest BCUT2D eigenvalue weighted by molar-refractivity contribution is 8.08. The molecule has 0 aromatic heterocycles. The van der Waals surface area contributed by atoms with Crippen LogP contribution in [0.5, 0.6) is 11.5 Å². The third kappa shape index (κ3) is 8.58. The second kappa shape index (κ2) is 15.1. The maximum Gasteiger partial charge on any atom is 0.198 e. The first-order chi connectivity index (χ1) is 19.1. The predicted octanol–water partition coefficient (Wildman–Crippen LogP) is 4.02. The van der Waals surface area contributed by atoms with Crippen molar-refractivity contribution in [3.63, 3.8) is 0 Å². The Labute approximate surface area is 236 Å². The Kier molecular flexibility index (Phi) is 11.3. The highest BCUT2D eigenvalue weighted by Gasteiger charge is 2.28. The molecule has 0 amide bonds. The first-order valence-corrected chi connectivity index (χ1v) is 14.5. The van der Waals surface area contributed by atoms with Gasteiger partial charge >= 0.3 is 0 Å². The lowest BCUT2D eigenvalue weighted by molar-refractivity contribution is -0.111. The summed E-state index contributed by atoms with van der Waals surface area (Å²) >= 11 is 1.44. The standard InChI is InChI=1S/C30H40N4O4S/c1-3-25-29(36)28(39-30(25)32-24-7-5-4-6-8-24)22-23-9-10-27(26(35)21-23)38-20-17-34-14-12-33(13-15-34)16-19-37-18-11-31-2/h4-10,21-22,31-32,35H,3,11-20H2,1-2H3/b28-22-. The Morgan fingerprint density at radius 1 is 1.00 bits per heavy atom. The van der Waals surface area contributed by atoms with Crippen LogP contribution in [-0.4, -0.2) is 93.4 Å². The van der Waals surface area contributed by atoms with Gasteiger partial charge in [-0.25, -0.2) is 0 Å². The number of likely N-dealkylation sites (N-methyl/N-ethyl adjacent to an activating group) is 1. The summed E-state index contributed by atoms with van der Waals surface area (Å²) in [6, 6.07) is 15.2. The van der Waals surface area contributed by atoms with Crippen LogP contribution in [0.3, 0.4) is 0 Å². The molecule has 0 radical (unpaired) electrons. The van der Waals surface area contributed by atoms with Crippen LogP contribution < -0.4 is 15.4 Å². The van der Waals surface area contributed by atoms with Crippen LogP contribution in [-0.2, 0) is 9.53 Å². The molecule has 4 rings (SSSR count). The second-order valence-electron chi connectivity index (χ2n) is 9.57. The molecule has 0 spiro atoms. The number of carbonyl (C=O) groups is 1. The summed E-state index contributed by atoms with van der Waals surface area (Å²) in [6.45, 7) is 10.7. The van der Waals surface area contributed by atoms with Crippen LogP contribution in [0.2, 0.25) is 0 Å². The maximum atomic E-state index is 13.0. The van der Waals surface area contributed by atoms with Crippen molar-refractivity contribution >= 4 is 29.3 Å². The molecule has 0 unspecified atom stereocenters. The normalized spacial score (nSPS) is 17.8. The van der Waals surface area contributed by atoms with E-state index < -0.39 is 0 Å². The number of piperazine rings is 1. The fraction of sp³-hybridized carbons (Fsp3) is 0.433. The Balaban J connectivity index is 1.23. The maximum absolute atomic E-state index is 13.0. The molecule has 0 aliphatic carbocycles. The van der Waals surface area contributed by atoms with Gasteiger partial charge in [0.05, 0.1) is 23.1 Å². The van der Waals surface area contributed by atoms with Crippen molar-refractivity contribution in [2.75, 3.05) is 78.0 Å². The molecule has 2 heterocycles. The predicted molar refractivity (Wildman–Crippen MR) is 159 cm³/mol. The topological polar surface area (TPSA) is 86.3 Å². The van der Waals surface area contributed by atoms with E-state index in [0.717, 1.165) is 80.9 Å². The molecule has 2 aromatic rings. The Bertz CT molecular complexity index is 1150. The molecule has 3 N–H and O–H groups in total. The van der Waals surface area contributed by atoms with E-state index in [-0.39, 0.29) is 11.5 Å². The molecular weight excluding hydrogens is 512 g/mol. The van der Waals surface area contributed by atoms with E-state index in [1.165, 1.54) is 11.8 Å². The van der Waals surface area contributed by atoms with Crippen molar-refractivity contribution in [1.29, 1.82) is 0 Å².